The minimum Gasteiger partial charge on any atom is -0.497 e. The highest BCUT2D eigenvalue weighted by Crippen LogP contribution is 2.43. The van der Waals surface area contributed by atoms with Crippen molar-refractivity contribution in [1.82, 2.24) is 4.90 Å². The number of halogens is 2. The molecule has 21 heavy (non-hydrogen) atoms. The molecule has 1 aromatic rings. The van der Waals surface area contributed by atoms with E-state index in [1.165, 1.54) is 19.2 Å². The van der Waals surface area contributed by atoms with Crippen molar-refractivity contribution in [2.75, 3.05) is 20.2 Å². The Morgan fingerprint density at radius 3 is 2.33 bits per heavy atom. The summed E-state index contributed by atoms with van der Waals surface area (Å²) in [6, 6.07) is 2.66. The maximum Gasteiger partial charge on any atom is 0.137 e. The first-order chi connectivity index (χ1) is 10.1. The van der Waals surface area contributed by atoms with Gasteiger partial charge in [0.25, 0.3) is 0 Å². The maximum atomic E-state index is 14.1. The van der Waals surface area contributed by atoms with Crippen molar-refractivity contribution >= 4 is 5.57 Å². The number of likely N-dealkylation sites (N-methyl/N-ethyl adjacent to an activating group) is 1. The highest BCUT2D eigenvalue weighted by atomic mass is 19.1. The highest BCUT2D eigenvalue weighted by molar-refractivity contribution is 5.74. The zero-order valence-corrected chi connectivity index (χ0v) is 13.1. The van der Waals surface area contributed by atoms with Crippen LogP contribution in [0.25, 0.3) is 5.57 Å². The quantitative estimate of drug-likeness (QED) is 0.832. The second kappa shape index (κ2) is 6.56. The second-order valence-corrected chi connectivity index (χ2v) is 5.19. The summed E-state index contributed by atoms with van der Waals surface area (Å²) in [5, 5.41) is 0. The van der Waals surface area contributed by atoms with Gasteiger partial charge in [-0.05, 0) is 24.5 Å². The van der Waals surface area contributed by atoms with Gasteiger partial charge in [0.2, 0.25) is 0 Å². The fourth-order valence-corrected chi connectivity index (χ4v) is 3.29. The van der Waals surface area contributed by atoms with E-state index in [0.29, 0.717) is 5.92 Å². The van der Waals surface area contributed by atoms with Gasteiger partial charge in [0, 0.05) is 24.7 Å². The van der Waals surface area contributed by atoms with E-state index < -0.39 is 11.6 Å². The van der Waals surface area contributed by atoms with E-state index in [0.717, 1.165) is 25.1 Å². The van der Waals surface area contributed by atoms with Crippen LogP contribution in [0.1, 0.15) is 32.8 Å². The van der Waals surface area contributed by atoms with Gasteiger partial charge in [-0.3, -0.25) is 4.90 Å². The summed E-state index contributed by atoms with van der Waals surface area (Å²) in [5.41, 5.74) is 0.919. The molecule has 0 amide bonds. The summed E-state index contributed by atoms with van der Waals surface area (Å²) >= 11 is 0. The van der Waals surface area contributed by atoms with Gasteiger partial charge in [-0.25, -0.2) is 8.78 Å². The van der Waals surface area contributed by atoms with Crippen molar-refractivity contribution in [2.45, 2.75) is 33.2 Å². The van der Waals surface area contributed by atoms with Crippen molar-refractivity contribution in [3.63, 3.8) is 0 Å². The second-order valence-electron chi connectivity index (χ2n) is 5.19. The first-order valence-electron chi connectivity index (χ1n) is 7.63. The summed E-state index contributed by atoms with van der Waals surface area (Å²) in [5.74, 6) is -0.422. The van der Waals surface area contributed by atoms with E-state index in [1.54, 1.807) is 0 Å². The highest BCUT2D eigenvalue weighted by Gasteiger charge is 2.40. The molecule has 0 N–H and O–H groups in total. The van der Waals surface area contributed by atoms with Crippen LogP contribution in [-0.4, -0.2) is 31.1 Å². The van der Waals surface area contributed by atoms with Gasteiger partial charge in [0.05, 0.1) is 12.7 Å². The van der Waals surface area contributed by atoms with Crippen LogP contribution in [0.4, 0.5) is 8.78 Å². The van der Waals surface area contributed by atoms with Crippen LogP contribution in [0.2, 0.25) is 0 Å². The van der Waals surface area contributed by atoms with Gasteiger partial charge in [-0.1, -0.05) is 26.8 Å². The van der Waals surface area contributed by atoms with E-state index in [9.17, 15) is 8.78 Å². The first kappa shape index (κ1) is 16.0. The van der Waals surface area contributed by atoms with Crippen molar-refractivity contribution in [3.8, 4) is 5.75 Å². The Balaban J connectivity index is 0.000000774. The van der Waals surface area contributed by atoms with Gasteiger partial charge < -0.3 is 4.74 Å². The van der Waals surface area contributed by atoms with Gasteiger partial charge in [-0.2, -0.15) is 0 Å². The molecule has 2 atom stereocenters. The number of hydrogen-bond acceptors (Lipinski definition) is 2. The average molecular weight is 295 g/mol. The van der Waals surface area contributed by atoms with Crippen molar-refractivity contribution in [1.29, 1.82) is 0 Å². The molecule has 0 saturated carbocycles. The van der Waals surface area contributed by atoms with Gasteiger partial charge in [-0.15, -0.1) is 0 Å². The van der Waals surface area contributed by atoms with Crippen molar-refractivity contribution in [2.24, 2.45) is 5.92 Å². The van der Waals surface area contributed by atoms with Crippen LogP contribution in [-0.2, 0) is 0 Å². The Hall–Kier alpha value is -1.42. The number of nitrogens with zero attached hydrogens (tertiary/aromatic N) is 1. The van der Waals surface area contributed by atoms with E-state index in [-0.39, 0.29) is 17.4 Å². The molecule has 0 spiro atoms. The average Bonchev–Trinajstić information content (AvgIpc) is 3.08. The third kappa shape index (κ3) is 2.82. The molecule has 116 valence electrons. The number of fused-ring (bicyclic) bond motifs is 2. The summed E-state index contributed by atoms with van der Waals surface area (Å²) in [7, 11) is 1.41. The largest absolute Gasteiger partial charge is 0.497 e. The molecule has 1 aromatic carbocycles. The van der Waals surface area contributed by atoms with E-state index in [4.69, 9.17) is 4.74 Å². The lowest BCUT2D eigenvalue weighted by Gasteiger charge is -2.27. The number of rotatable bonds is 3. The molecule has 1 aliphatic carbocycles. The summed E-state index contributed by atoms with van der Waals surface area (Å²) < 4.78 is 33.1. The summed E-state index contributed by atoms with van der Waals surface area (Å²) in [6.07, 6.45) is 3.01. The first-order valence-corrected chi connectivity index (χ1v) is 7.63. The van der Waals surface area contributed by atoms with Gasteiger partial charge in [0.1, 0.15) is 17.4 Å². The molecule has 1 fully saturated rings. The maximum absolute atomic E-state index is 14.1. The third-order valence-corrected chi connectivity index (χ3v) is 4.16. The Morgan fingerprint density at radius 2 is 1.86 bits per heavy atom. The molecule has 4 heteroatoms. The summed E-state index contributed by atoms with van der Waals surface area (Å²) in [4.78, 5) is 2.28. The number of methoxy groups -OCH3 is 1. The minimum atomic E-state index is -0.535. The molecule has 0 radical (unpaired) electrons. The van der Waals surface area contributed by atoms with Gasteiger partial charge >= 0.3 is 0 Å². The fraction of sp³-hybridized carbons (Fsp3) is 0.529. The van der Waals surface area contributed by atoms with Crippen LogP contribution < -0.4 is 4.74 Å². The fourth-order valence-electron chi connectivity index (χ4n) is 3.29. The molecule has 2 bridgehead atoms. The monoisotopic (exact) mass is 295 g/mol. The molecule has 2 unspecified atom stereocenters. The smallest absolute Gasteiger partial charge is 0.137 e. The van der Waals surface area contributed by atoms with Gasteiger partial charge in [0.15, 0.2) is 0 Å². The predicted molar refractivity (Wildman–Crippen MR) is 81.4 cm³/mol. The van der Waals surface area contributed by atoms with Crippen molar-refractivity contribution < 1.29 is 13.5 Å². The standard InChI is InChI=1S/C15H17F2NO.C2H6/c1-3-18-8-9-4-11(14(18)5-9)15-12(16)6-10(19-2)7-13(15)17;1-2/h4,6-7,9,14H,3,5,8H2,1-2H3;1-2H3. The van der Waals surface area contributed by atoms with Crippen LogP contribution in [0.15, 0.2) is 18.2 Å². The van der Waals surface area contributed by atoms with Crippen LogP contribution in [0.3, 0.4) is 0 Å². The number of benzene rings is 1. The predicted octanol–water partition coefficient (Wildman–Crippen LogP) is 4.11. The van der Waals surface area contributed by atoms with Crippen LogP contribution in [0, 0.1) is 17.6 Å². The normalized spacial score (nSPS) is 23.6. The molecule has 1 saturated heterocycles. The molecule has 3 rings (SSSR count). The van der Waals surface area contributed by atoms with Crippen molar-refractivity contribution in [3.05, 3.63) is 35.4 Å². The van der Waals surface area contributed by atoms with E-state index in [2.05, 4.69) is 11.8 Å². The lowest BCUT2D eigenvalue weighted by Crippen LogP contribution is -2.32. The van der Waals surface area contributed by atoms with Crippen LogP contribution in [0.5, 0.6) is 5.75 Å². The number of hydrogen-bond donors (Lipinski definition) is 0. The third-order valence-electron chi connectivity index (χ3n) is 4.16. The SMILES string of the molecule is CC.CCN1CC2C=C(c3c(F)cc(OC)cc3F)C1C2. The molecule has 2 nitrogen and oxygen atoms in total. The van der Waals surface area contributed by atoms with E-state index in [1.807, 2.05) is 19.9 Å². The number of likely N-dealkylation sites (tertiary alicyclic amines) is 1. The molecular formula is C17H23F2NO. The van der Waals surface area contributed by atoms with E-state index >= 15 is 0 Å². The minimum absolute atomic E-state index is 0.117. The molecule has 2 aliphatic rings. The molecule has 0 aromatic heterocycles. The Labute approximate surface area is 125 Å². The summed E-state index contributed by atoms with van der Waals surface area (Å²) in [6.45, 7) is 8.00. The lowest BCUT2D eigenvalue weighted by atomic mass is 9.98. The Morgan fingerprint density at radius 1 is 1.24 bits per heavy atom. The molecular weight excluding hydrogens is 272 g/mol. The lowest BCUT2D eigenvalue weighted by molar-refractivity contribution is 0.301. The molecule has 1 heterocycles. The Bertz CT molecular complexity index is 519. The zero-order valence-electron chi connectivity index (χ0n) is 13.1. The van der Waals surface area contributed by atoms with Crippen LogP contribution >= 0.6 is 0 Å². The topological polar surface area (TPSA) is 12.5 Å². The number of ether oxygens (including phenoxy) is 1. The Kier molecular flexibility index (Phi) is 4.99. The molecule has 1 aliphatic heterocycles. The zero-order chi connectivity index (χ0) is 15.6.